The van der Waals surface area contributed by atoms with Crippen molar-refractivity contribution in [1.29, 1.82) is 0 Å². The smallest absolute Gasteiger partial charge is 0.406 e. The molecule has 3 rings (SSSR count). The Bertz CT molecular complexity index is 957. The molecule has 0 aliphatic carbocycles. The van der Waals surface area contributed by atoms with Gasteiger partial charge in [0.25, 0.3) is 6.43 Å². The molecule has 1 heterocycles. The van der Waals surface area contributed by atoms with Crippen LogP contribution in [0.4, 0.5) is 23.7 Å². The van der Waals surface area contributed by atoms with Crippen LogP contribution >= 0.6 is 0 Å². The third-order valence-corrected chi connectivity index (χ3v) is 3.85. The SMILES string of the molecule is Cn1cc(OC(=O)Nc2ccccc2-c2ccccc2CF)c(C(F)F)n1. The summed E-state index contributed by atoms with van der Waals surface area (Å²) in [4.78, 5) is 12.2. The van der Waals surface area contributed by atoms with Gasteiger partial charge in [-0.1, -0.05) is 42.5 Å². The van der Waals surface area contributed by atoms with E-state index in [2.05, 4.69) is 10.4 Å². The second kappa shape index (κ2) is 7.94. The lowest BCUT2D eigenvalue weighted by Gasteiger charge is -2.13. The summed E-state index contributed by atoms with van der Waals surface area (Å²) in [6.45, 7) is -0.664. The predicted octanol–water partition coefficient (Wildman–Crippen LogP) is 5.11. The highest BCUT2D eigenvalue weighted by Crippen LogP contribution is 2.32. The van der Waals surface area contributed by atoms with Crippen LogP contribution in [0.3, 0.4) is 0 Å². The highest BCUT2D eigenvalue weighted by molar-refractivity contribution is 5.93. The number of hydrogen-bond acceptors (Lipinski definition) is 3. The van der Waals surface area contributed by atoms with Crippen LogP contribution in [0.25, 0.3) is 11.1 Å². The summed E-state index contributed by atoms with van der Waals surface area (Å²) >= 11 is 0. The average Bonchev–Trinajstić information content (AvgIpc) is 3.02. The van der Waals surface area contributed by atoms with E-state index in [1.165, 1.54) is 13.2 Å². The van der Waals surface area contributed by atoms with E-state index in [9.17, 15) is 18.0 Å². The molecule has 140 valence electrons. The maximum absolute atomic E-state index is 13.3. The second-order valence-electron chi connectivity index (χ2n) is 5.70. The molecule has 1 aromatic heterocycles. The molecule has 0 bridgehead atoms. The number of anilines is 1. The Morgan fingerprint density at radius 2 is 1.81 bits per heavy atom. The Labute approximate surface area is 153 Å². The number of rotatable bonds is 5. The van der Waals surface area contributed by atoms with E-state index in [4.69, 9.17) is 4.74 Å². The quantitative estimate of drug-likeness (QED) is 0.675. The molecule has 0 aliphatic heterocycles. The number of carbonyl (C=O) groups excluding carboxylic acids is 1. The number of nitrogens with zero attached hydrogens (tertiary/aromatic N) is 2. The number of nitrogens with one attached hydrogen (secondary N) is 1. The minimum Gasteiger partial charge on any atom is -0.406 e. The maximum Gasteiger partial charge on any atom is 0.417 e. The normalized spacial score (nSPS) is 10.9. The molecule has 0 saturated heterocycles. The van der Waals surface area contributed by atoms with Crippen molar-refractivity contribution in [2.24, 2.45) is 7.05 Å². The van der Waals surface area contributed by atoms with Crippen molar-refractivity contribution < 1.29 is 22.7 Å². The van der Waals surface area contributed by atoms with Gasteiger partial charge in [-0.2, -0.15) is 5.10 Å². The minimum absolute atomic E-state index is 0.327. The first-order chi connectivity index (χ1) is 13.0. The molecule has 0 aliphatic rings. The van der Waals surface area contributed by atoms with Gasteiger partial charge in [0.05, 0.1) is 11.9 Å². The van der Waals surface area contributed by atoms with E-state index in [1.807, 2.05) is 0 Å². The number of ether oxygens (including phenoxy) is 1. The van der Waals surface area contributed by atoms with Crippen LogP contribution in [-0.4, -0.2) is 15.9 Å². The fourth-order valence-electron chi connectivity index (χ4n) is 2.68. The number of halogens is 3. The largest absolute Gasteiger partial charge is 0.417 e. The lowest BCUT2D eigenvalue weighted by atomic mass is 9.99. The lowest BCUT2D eigenvalue weighted by molar-refractivity contribution is 0.141. The van der Waals surface area contributed by atoms with Gasteiger partial charge in [-0.15, -0.1) is 0 Å². The summed E-state index contributed by atoms with van der Waals surface area (Å²) in [7, 11) is 1.44. The summed E-state index contributed by atoms with van der Waals surface area (Å²) in [6, 6.07) is 13.6. The highest BCUT2D eigenvalue weighted by atomic mass is 19.3. The summed E-state index contributed by atoms with van der Waals surface area (Å²) in [5.74, 6) is -0.327. The molecule has 1 N–H and O–H groups in total. The monoisotopic (exact) mass is 375 g/mol. The van der Waals surface area contributed by atoms with Crippen LogP contribution in [0.1, 0.15) is 17.7 Å². The van der Waals surface area contributed by atoms with Gasteiger partial charge in [0.2, 0.25) is 0 Å². The molecule has 3 aromatic rings. The number of amides is 1. The topological polar surface area (TPSA) is 56.1 Å². The lowest BCUT2D eigenvalue weighted by Crippen LogP contribution is -2.17. The molecule has 2 aromatic carbocycles. The van der Waals surface area contributed by atoms with Gasteiger partial charge in [0.15, 0.2) is 11.4 Å². The molecule has 0 unspecified atom stereocenters. The van der Waals surface area contributed by atoms with Gasteiger partial charge in [-0.25, -0.2) is 18.0 Å². The fraction of sp³-hybridized carbons (Fsp3) is 0.158. The van der Waals surface area contributed by atoms with E-state index in [-0.39, 0.29) is 5.75 Å². The maximum atomic E-state index is 13.3. The van der Waals surface area contributed by atoms with Crippen molar-refractivity contribution in [3.63, 3.8) is 0 Å². The molecule has 0 spiro atoms. The Balaban J connectivity index is 1.86. The van der Waals surface area contributed by atoms with Crippen LogP contribution in [0.5, 0.6) is 5.75 Å². The van der Waals surface area contributed by atoms with Crippen LogP contribution in [0.2, 0.25) is 0 Å². The van der Waals surface area contributed by atoms with E-state index >= 15 is 0 Å². The fourth-order valence-corrected chi connectivity index (χ4v) is 2.68. The number of aryl methyl sites for hydroxylation is 1. The van der Waals surface area contributed by atoms with Crippen LogP contribution in [0.15, 0.2) is 54.7 Å². The molecular formula is C19H16F3N3O2. The second-order valence-corrected chi connectivity index (χ2v) is 5.70. The molecule has 8 heteroatoms. The van der Waals surface area contributed by atoms with E-state index in [0.717, 1.165) is 4.68 Å². The minimum atomic E-state index is -2.88. The summed E-state index contributed by atoms with van der Waals surface area (Å²) < 4.78 is 45.3. The highest BCUT2D eigenvalue weighted by Gasteiger charge is 2.21. The first kappa shape index (κ1) is 18.5. The molecule has 0 radical (unpaired) electrons. The van der Waals surface area contributed by atoms with E-state index in [0.29, 0.717) is 22.4 Å². The molecule has 1 amide bonds. The predicted molar refractivity (Wildman–Crippen MR) is 94.5 cm³/mol. The Morgan fingerprint density at radius 1 is 1.15 bits per heavy atom. The Hall–Kier alpha value is -3.29. The number of aromatic nitrogens is 2. The number of alkyl halides is 3. The third kappa shape index (κ3) is 4.11. The van der Waals surface area contributed by atoms with Crippen LogP contribution < -0.4 is 10.1 Å². The van der Waals surface area contributed by atoms with Crippen molar-refractivity contribution in [1.82, 2.24) is 9.78 Å². The van der Waals surface area contributed by atoms with Crippen molar-refractivity contribution in [3.8, 4) is 16.9 Å². The number of para-hydroxylation sites is 1. The van der Waals surface area contributed by atoms with Crippen molar-refractivity contribution in [2.75, 3.05) is 5.32 Å². The summed E-state index contributed by atoms with van der Waals surface area (Å²) in [6.07, 6.45) is -2.64. The number of hydrogen-bond donors (Lipinski definition) is 1. The zero-order valence-electron chi connectivity index (χ0n) is 14.3. The van der Waals surface area contributed by atoms with E-state index < -0.39 is 24.9 Å². The van der Waals surface area contributed by atoms with Gasteiger partial charge >= 0.3 is 6.09 Å². The van der Waals surface area contributed by atoms with Crippen LogP contribution in [-0.2, 0) is 13.7 Å². The zero-order chi connectivity index (χ0) is 19.4. The molecule has 0 atom stereocenters. The average molecular weight is 375 g/mol. The molecule has 0 saturated carbocycles. The first-order valence-electron chi connectivity index (χ1n) is 8.03. The Kier molecular flexibility index (Phi) is 5.44. The molecule has 27 heavy (non-hydrogen) atoms. The summed E-state index contributed by atoms with van der Waals surface area (Å²) in [5.41, 5.74) is 1.41. The standard InChI is InChI=1S/C19H16F3N3O2/c1-25-11-16(17(24-25)18(21)22)27-19(26)23-15-9-5-4-8-14(15)13-7-3-2-6-12(13)10-20/h2-9,11,18H,10H2,1H3,(H,23,26). The van der Waals surface area contributed by atoms with Crippen molar-refractivity contribution in [3.05, 3.63) is 66.0 Å². The zero-order valence-corrected chi connectivity index (χ0v) is 14.3. The van der Waals surface area contributed by atoms with Gasteiger partial charge in [0.1, 0.15) is 6.67 Å². The first-order valence-corrected chi connectivity index (χ1v) is 8.03. The third-order valence-electron chi connectivity index (χ3n) is 3.85. The Morgan fingerprint density at radius 3 is 2.52 bits per heavy atom. The molecular weight excluding hydrogens is 359 g/mol. The van der Waals surface area contributed by atoms with Crippen molar-refractivity contribution >= 4 is 11.8 Å². The van der Waals surface area contributed by atoms with Gasteiger partial charge in [0, 0.05) is 12.6 Å². The van der Waals surface area contributed by atoms with Crippen LogP contribution in [0, 0.1) is 0 Å². The number of benzene rings is 2. The number of carbonyl (C=O) groups is 1. The van der Waals surface area contributed by atoms with Gasteiger partial charge in [-0.3, -0.25) is 10.00 Å². The van der Waals surface area contributed by atoms with Gasteiger partial charge < -0.3 is 4.74 Å². The molecule has 0 fully saturated rings. The van der Waals surface area contributed by atoms with Crippen molar-refractivity contribution in [2.45, 2.75) is 13.1 Å². The molecule has 5 nitrogen and oxygen atoms in total. The van der Waals surface area contributed by atoms with Gasteiger partial charge in [-0.05, 0) is 17.2 Å². The van der Waals surface area contributed by atoms with E-state index in [1.54, 1.807) is 48.5 Å². The summed E-state index contributed by atoms with van der Waals surface area (Å²) in [5, 5.41) is 6.10.